The maximum absolute atomic E-state index is 5.76. The van der Waals surface area contributed by atoms with Crippen molar-refractivity contribution in [3.63, 3.8) is 0 Å². The standard InChI is InChI=1S/C17H19N3OS/c1-2-10-21-14(3-1)11-20-12-16(18-19-20)17-9-8-15(22-17)7-6-13-4-5-13/h8-9,12-14H,1-5,10-11H2/t14-/m1/s1. The van der Waals surface area contributed by atoms with Crippen molar-refractivity contribution in [3.8, 4) is 22.4 Å². The first kappa shape index (κ1) is 14.0. The minimum atomic E-state index is 0.284. The van der Waals surface area contributed by atoms with E-state index in [1.165, 1.54) is 25.7 Å². The number of hydrogen-bond donors (Lipinski definition) is 0. The molecule has 114 valence electrons. The number of nitrogens with zero attached hydrogens (tertiary/aromatic N) is 3. The molecule has 1 saturated carbocycles. The Bertz CT molecular complexity index is 699. The lowest BCUT2D eigenvalue weighted by Gasteiger charge is -2.21. The van der Waals surface area contributed by atoms with E-state index in [1.807, 2.05) is 10.9 Å². The maximum atomic E-state index is 5.76. The van der Waals surface area contributed by atoms with Gasteiger partial charge in [-0.15, -0.1) is 16.4 Å². The molecule has 5 heteroatoms. The molecule has 2 fully saturated rings. The van der Waals surface area contributed by atoms with Gasteiger partial charge in [0, 0.05) is 12.5 Å². The van der Waals surface area contributed by atoms with Gasteiger partial charge in [0.25, 0.3) is 0 Å². The monoisotopic (exact) mass is 313 g/mol. The average molecular weight is 313 g/mol. The Labute approximate surface area is 134 Å². The molecule has 0 unspecified atom stereocenters. The molecule has 0 spiro atoms. The summed E-state index contributed by atoms with van der Waals surface area (Å²) in [5.41, 5.74) is 0.931. The Morgan fingerprint density at radius 3 is 3.05 bits per heavy atom. The smallest absolute Gasteiger partial charge is 0.123 e. The zero-order chi connectivity index (χ0) is 14.8. The first-order valence-electron chi connectivity index (χ1n) is 8.00. The normalized spacial score (nSPS) is 21.4. The van der Waals surface area contributed by atoms with Gasteiger partial charge in [-0.3, -0.25) is 0 Å². The highest BCUT2D eigenvalue weighted by Crippen LogP contribution is 2.29. The molecule has 4 rings (SSSR count). The molecule has 1 saturated heterocycles. The Hall–Kier alpha value is -1.64. The molecule has 0 N–H and O–H groups in total. The molecule has 1 aliphatic heterocycles. The second kappa shape index (κ2) is 6.23. The second-order valence-electron chi connectivity index (χ2n) is 6.02. The molecule has 0 radical (unpaired) electrons. The van der Waals surface area contributed by atoms with Crippen molar-refractivity contribution in [2.75, 3.05) is 6.61 Å². The van der Waals surface area contributed by atoms with Crippen LogP contribution in [0.3, 0.4) is 0 Å². The van der Waals surface area contributed by atoms with Crippen LogP contribution in [0.2, 0.25) is 0 Å². The Kier molecular flexibility index (Phi) is 3.96. The summed E-state index contributed by atoms with van der Waals surface area (Å²) in [5.74, 6) is 7.20. The van der Waals surface area contributed by atoms with Crippen LogP contribution in [-0.2, 0) is 11.3 Å². The highest BCUT2D eigenvalue weighted by molar-refractivity contribution is 7.16. The molecule has 22 heavy (non-hydrogen) atoms. The molecule has 1 aliphatic carbocycles. The molecule has 2 aromatic heterocycles. The van der Waals surface area contributed by atoms with Crippen LogP contribution < -0.4 is 0 Å². The Balaban J connectivity index is 1.43. The van der Waals surface area contributed by atoms with Gasteiger partial charge < -0.3 is 4.74 Å². The summed E-state index contributed by atoms with van der Waals surface area (Å²) in [6, 6.07) is 4.17. The fourth-order valence-electron chi connectivity index (χ4n) is 2.60. The highest BCUT2D eigenvalue weighted by Gasteiger charge is 2.18. The van der Waals surface area contributed by atoms with E-state index < -0.39 is 0 Å². The van der Waals surface area contributed by atoms with Crippen molar-refractivity contribution in [2.45, 2.75) is 44.8 Å². The second-order valence-corrected chi connectivity index (χ2v) is 7.11. The van der Waals surface area contributed by atoms with Gasteiger partial charge >= 0.3 is 0 Å². The zero-order valence-electron chi connectivity index (χ0n) is 12.5. The third-order valence-corrected chi connectivity index (χ3v) is 5.06. The van der Waals surface area contributed by atoms with Crippen LogP contribution in [0.4, 0.5) is 0 Å². The number of rotatable bonds is 3. The van der Waals surface area contributed by atoms with Gasteiger partial charge in [0.2, 0.25) is 0 Å². The van der Waals surface area contributed by atoms with Crippen LogP contribution in [0.15, 0.2) is 18.3 Å². The van der Waals surface area contributed by atoms with Gasteiger partial charge in [-0.05, 0) is 44.2 Å². The number of aromatic nitrogens is 3. The first-order valence-corrected chi connectivity index (χ1v) is 8.82. The van der Waals surface area contributed by atoms with Crippen molar-refractivity contribution in [2.24, 2.45) is 5.92 Å². The van der Waals surface area contributed by atoms with Crippen molar-refractivity contribution in [1.82, 2.24) is 15.0 Å². The van der Waals surface area contributed by atoms with Crippen LogP contribution in [0.25, 0.3) is 10.6 Å². The summed E-state index contributed by atoms with van der Waals surface area (Å²) in [4.78, 5) is 2.25. The molecule has 1 atom stereocenters. The molecular formula is C17H19N3OS. The highest BCUT2D eigenvalue weighted by atomic mass is 32.1. The van der Waals surface area contributed by atoms with Gasteiger partial charge in [-0.1, -0.05) is 17.1 Å². The quantitative estimate of drug-likeness (QED) is 0.816. The van der Waals surface area contributed by atoms with E-state index in [2.05, 4.69) is 34.3 Å². The predicted octanol–water partition coefficient (Wildman–Crippen LogP) is 3.34. The van der Waals surface area contributed by atoms with E-state index in [0.717, 1.165) is 35.0 Å². The van der Waals surface area contributed by atoms with E-state index in [9.17, 15) is 0 Å². The van der Waals surface area contributed by atoms with Crippen molar-refractivity contribution in [3.05, 3.63) is 23.2 Å². The van der Waals surface area contributed by atoms with Gasteiger partial charge in [-0.25, -0.2) is 4.68 Å². The van der Waals surface area contributed by atoms with Crippen LogP contribution in [-0.4, -0.2) is 27.7 Å². The Morgan fingerprint density at radius 1 is 1.27 bits per heavy atom. The molecule has 0 amide bonds. The Morgan fingerprint density at radius 2 is 2.23 bits per heavy atom. The lowest BCUT2D eigenvalue weighted by molar-refractivity contribution is 0.00370. The summed E-state index contributed by atoms with van der Waals surface area (Å²) in [6.07, 6.45) is 8.38. The molecular weight excluding hydrogens is 294 g/mol. The maximum Gasteiger partial charge on any atom is 0.123 e. The molecule has 0 aromatic carbocycles. The van der Waals surface area contributed by atoms with Gasteiger partial charge in [-0.2, -0.15) is 0 Å². The fourth-order valence-corrected chi connectivity index (χ4v) is 3.42. The average Bonchev–Trinajstić information content (AvgIpc) is 3.06. The summed E-state index contributed by atoms with van der Waals surface area (Å²) >= 11 is 1.69. The third-order valence-electron chi connectivity index (χ3n) is 4.04. The number of ether oxygens (including phenoxy) is 1. The van der Waals surface area contributed by atoms with Gasteiger partial charge in [0.15, 0.2) is 0 Å². The molecule has 0 bridgehead atoms. The van der Waals surface area contributed by atoms with Gasteiger partial charge in [0.05, 0.1) is 28.6 Å². The van der Waals surface area contributed by atoms with E-state index >= 15 is 0 Å². The number of hydrogen-bond acceptors (Lipinski definition) is 4. The van der Waals surface area contributed by atoms with Gasteiger partial charge in [0.1, 0.15) is 5.69 Å². The van der Waals surface area contributed by atoms with E-state index in [1.54, 1.807) is 11.3 Å². The topological polar surface area (TPSA) is 39.9 Å². The molecule has 2 aromatic rings. The zero-order valence-corrected chi connectivity index (χ0v) is 13.3. The van der Waals surface area contributed by atoms with Crippen LogP contribution in [0.5, 0.6) is 0 Å². The summed E-state index contributed by atoms with van der Waals surface area (Å²) in [6.45, 7) is 1.67. The van der Waals surface area contributed by atoms with Crippen molar-refractivity contribution in [1.29, 1.82) is 0 Å². The summed E-state index contributed by atoms with van der Waals surface area (Å²) in [5, 5.41) is 8.53. The van der Waals surface area contributed by atoms with E-state index in [-0.39, 0.29) is 6.10 Å². The number of thiophene rings is 1. The van der Waals surface area contributed by atoms with Crippen LogP contribution in [0.1, 0.15) is 37.0 Å². The molecule has 3 heterocycles. The first-order chi connectivity index (χ1) is 10.9. The van der Waals surface area contributed by atoms with E-state index in [4.69, 9.17) is 4.74 Å². The van der Waals surface area contributed by atoms with Crippen molar-refractivity contribution < 1.29 is 4.74 Å². The van der Waals surface area contributed by atoms with Crippen molar-refractivity contribution >= 4 is 11.3 Å². The minimum Gasteiger partial charge on any atom is -0.376 e. The lowest BCUT2D eigenvalue weighted by atomic mass is 10.1. The molecule has 2 aliphatic rings. The van der Waals surface area contributed by atoms with E-state index in [0.29, 0.717) is 5.92 Å². The third kappa shape index (κ3) is 3.40. The summed E-state index contributed by atoms with van der Waals surface area (Å²) in [7, 11) is 0. The lowest BCUT2D eigenvalue weighted by Crippen LogP contribution is -2.24. The SMILES string of the molecule is C(#CC1CC1)c1ccc(-c2cn(C[C@H]3CCCCO3)nn2)s1. The predicted molar refractivity (Wildman–Crippen MR) is 86.5 cm³/mol. The molecule has 4 nitrogen and oxygen atoms in total. The fraction of sp³-hybridized carbons (Fsp3) is 0.529. The van der Waals surface area contributed by atoms with Crippen LogP contribution in [0, 0.1) is 17.8 Å². The largest absolute Gasteiger partial charge is 0.376 e. The summed E-state index contributed by atoms with van der Waals surface area (Å²) < 4.78 is 7.66. The minimum absolute atomic E-state index is 0.284. The van der Waals surface area contributed by atoms with Crippen LogP contribution >= 0.6 is 11.3 Å².